The molecule has 1 aliphatic carbocycles. The number of aromatic nitrogens is 1. The van der Waals surface area contributed by atoms with E-state index < -0.39 is 5.54 Å². The lowest BCUT2D eigenvalue weighted by atomic mass is 9.91. The first-order valence-corrected chi connectivity index (χ1v) is 12.6. The van der Waals surface area contributed by atoms with Crippen LogP contribution in [-0.2, 0) is 11.3 Å². The van der Waals surface area contributed by atoms with Crippen molar-refractivity contribution in [3.05, 3.63) is 53.0 Å². The number of benzene rings is 1. The van der Waals surface area contributed by atoms with Crippen LogP contribution in [-0.4, -0.2) is 28.0 Å². The number of amides is 2. The van der Waals surface area contributed by atoms with Crippen LogP contribution < -0.4 is 10.2 Å². The fourth-order valence-electron chi connectivity index (χ4n) is 5.25. The average Bonchev–Trinajstić information content (AvgIpc) is 3.34. The zero-order valence-electron chi connectivity index (χ0n) is 18.9. The van der Waals surface area contributed by atoms with Crippen LogP contribution >= 0.6 is 11.3 Å². The third kappa shape index (κ3) is 3.64. The van der Waals surface area contributed by atoms with Gasteiger partial charge in [-0.3, -0.25) is 14.5 Å². The van der Waals surface area contributed by atoms with Gasteiger partial charge in [0, 0.05) is 11.7 Å². The molecule has 2 amide bonds. The highest BCUT2D eigenvalue weighted by atomic mass is 32.1. The number of aryl methyl sites for hydroxylation is 1. The van der Waals surface area contributed by atoms with Gasteiger partial charge < -0.3 is 9.88 Å². The predicted octanol–water partition coefficient (Wildman–Crippen LogP) is 5.66. The van der Waals surface area contributed by atoms with Crippen LogP contribution in [0.4, 0.5) is 5.69 Å². The van der Waals surface area contributed by atoms with Crippen molar-refractivity contribution in [1.29, 1.82) is 0 Å². The van der Waals surface area contributed by atoms with Crippen molar-refractivity contribution in [3.63, 3.8) is 0 Å². The van der Waals surface area contributed by atoms with E-state index in [4.69, 9.17) is 0 Å². The maximum absolute atomic E-state index is 13.9. The Kier molecular flexibility index (Phi) is 5.58. The Balaban J connectivity index is 1.54. The fourth-order valence-corrected chi connectivity index (χ4v) is 6.07. The first-order chi connectivity index (χ1) is 15.5. The molecule has 6 heteroatoms. The number of carbonyl (C=O) groups is 2. The Morgan fingerprint density at radius 2 is 1.75 bits per heavy atom. The second-order valence-electron chi connectivity index (χ2n) is 9.55. The van der Waals surface area contributed by atoms with Crippen molar-refractivity contribution in [2.45, 2.75) is 76.9 Å². The van der Waals surface area contributed by atoms with E-state index in [2.05, 4.69) is 5.32 Å². The first-order valence-electron chi connectivity index (χ1n) is 11.8. The lowest BCUT2D eigenvalue weighted by Crippen LogP contribution is -2.65. The van der Waals surface area contributed by atoms with Crippen LogP contribution in [0.3, 0.4) is 0 Å². The van der Waals surface area contributed by atoms with E-state index in [9.17, 15) is 9.59 Å². The molecule has 0 bridgehead atoms. The number of nitrogens with one attached hydrogen (secondary N) is 1. The Hall–Kier alpha value is -2.60. The molecule has 0 spiro atoms. The van der Waals surface area contributed by atoms with Crippen molar-refractivity contribution in [1.82, 2.24) is 9.88 Å². The zero-order chi connectivity index (χ0) is 22.3. The molecule has 2 aliphatic rings. The fraction of sp³-hybridized carbons (Fsp3) is 0.462. The second kappa shape index (κ2) is 8.39. The molecule has 1 N–H and O–H groups in total. The molecule has 1 saturated carbocycles. The van der Waals surface area contributed by atoms with E-state index in [-0.39, 0.29) is 17.9 Å². The van der Waals surface area contributed by atoms with Crippen molar-refractivity contribution < 1.29 is 9.59 Å². The van der Waals surface area contributed by atoms with Gasteiger partial charge in [0.2, 0.25) is 5.91 Å². The van der Waals surface area contributed by atoms with Crippen LogP contribution in [0.25, 0.3) is 10.2 Å². The molecule has 0 saturated heterocycles. The van der Waals surface area contributed by atoms with E-state index in [1.54, 1.807) is 16.2 Å². The van der Waals surface area contributed by atoms with Crippen molar-refractivity contribution in [2.24, 2.45) is 0 Å². The molecule has 5 nitrogen and oxygen atoms in total. The van der Waals surface area contributed by atoms with Crippen LogP contribution in [0.2, 0.25) is 0 Å². The number of anilines is 1. The Bertz CT molecular complexity index is 1140. The largest absolute Gasteiger partial charge is 0.351 e. The summed E-state index contributed by atoms with van der Waals surface area (Å²) in [5.74, 6) is -0.168. The maximum atomic E-state index is 13.9. The molecule has 2 aromatic heterocycles. The smallest absolute Gasteiger partial charge is 0.275 e. The van der Waals surface area contributed by atoms with E-state index in [0.29, 0.717) is 12.2 Å². The third-order valence-corrected chi connectivity index (χ3v) is 7.98. The summed E-state index contributed by atoms with van der Waals surface area (Å²) in [4.78, 5) is 29.4. The molecule has 3 aromatic rings. The molecule has 32 heavy (non-hydrogen) atoms. The molecule has 0 unspecified atom stereocenters. The van der Waals surface area contributed by atoms with Gasteiger partial charge in [-0.2, -0.15) is 0 Å². The number of hydrogen-bond donors (Lipinski definition) is 1. The first kappa shape index (κ1) is 21.3. The summed E-state index contributed by atoms with van der Waals surface area (Å²) >= 11 is 1.63. The second-order valence-corrected chi connectivity index (χ2v) is 10.5. The highest BCUT2D eigenvalue weighted by molar-refractivity contribution is 7.17. The highest BCUT2D eigenvalue weighted by Crippen LogP contribution is 2.37. The third-order valence-electron chi connectivity index (χ3n) is 7.13. The number of carbonyl (C=O) groups excluding carboxylic acids is 2. The number of thiophene rings is 1. The molecule has 5 rings (SSSR count). The summed E-state index contributed by atoms with van der Waals surface area (Å²) in [5.41, 5.74) is 2.58. The summed E-state index contributed by atoms with van der Waals surface area (Å²) in [5, 5.41) is 5.39. The topological polar surface area (TPSA) is 54.3 Å². The minimum atomic E-state index is -1.00. The van der Waals surface area contributed by atoms with E-state index in [1.165, 1.54) is 19.3 Å². The number of hydrogen-bond acceptors (Lipinski definition) is 3. The maximum Gasteiger partial charge on any atom is 0.275 e. The lowest BCUT2D eigenvalue weighted by Gasteiger charge is -2.44. The van der Waals surface area contributed by atoms with Crippen molar-refractivity contribution >= 4 is 39.1 Å². The molecule has 1 aromatic carbocycles. The van der Waals surface area contributed by atoms with Gasteiger partial charge in [0.25, 0.3) is 5.91 Å². The van der Waals surface area contributed by atoms with Gasteiger partial charge in [0.05, 0.1) is 16.8 Å². The number of fused-ring (bicyclic) bond motifs is 3. The van der Waals surface area contributed by atoms with Gasteiger partial charge in [0.1, 0.15) is 11.2 Å². The molecule has 0 radical (unpaired) electrons. The van der Waals surface area contributed by atoms with Gasteiger partial charge in [-0.05, 0) is 56.3 Å². The quantitative estimate of drug-likeness (QED) is 0.561. The molecule has 1 aliphatic heterocycles. The summed E-state index contributed by atoms with van der Waals surface area (Å²) in [6.07, 6.45) is 8.11. The van der Waals surface area contributed by atoms with Gasteiger partial charge >= 0.3 is 0 Å². The standard InChI is InChI=1S/C26H31N3O2S/c1-18-10-12-20(13-11-18)29-24(30)22-16-23-21(14-15-32-23)28(22)17-26(29,2)25(31)27-19-8-6-4-3-5-7-9-19/h10-16,19H,3-9,17H2,1-2H3,(H,27,31)/t26-/m1/s1. The molecule has 168 valence electrons. The molecular weight excluding hydrogens is 418 g/mol. The molecule has 3 heterocycles. The highest BCUT2D eigenvalue weighted by Gasteiger charge is 2.49. The van der Waals surface area contributed by atoms with Crippen LogP contribution in [0.15, 0.2) is 41.8 Å². The van der Waals surface area contributed by atoms with Crippen molar-refractivity contribution in [3.8, 4) is 0 Å². The zero-order valence-corrected chi connectivity index (χ0v) is 19.7. The Labute approximate surface area is 193 Å². The summed E-state index contributed by atoms with van der Waals surface area (Å²) in [7, 11) is 0. The van der Waals surface area contributed by atoms with Gasteiger partial charge in [-0.25, -0.2) is 0 Å². The lowest BCUT2D eigenvalue weighted by molar-refractivity contribution is -0.127. The average molecular weight is 450 g/mol. The Morgan fingerprint density at radius 1 is 1.06 bits per heavy atom. The summed E-state index contributed by atoms with van der Waals surface area (Å²) in [6.45, 7) is 4.40. The monoisotopic (exact) mass is 449 g/mol. The number of rotatable bonds is 3. The summed E-state index contributed by atoms with van der Waals surface area (Å²) in [6, 6.07) is 12.1. The molecule has 1 fully saturated rings. The Morgan fingerprint density at radius 3 is 2.47 bits per heavy atom. The SMILES string of the molecule is Cc1ccc(N2C(=O)c3cc4sccc4n3C[C@]2(C)C(=O)NC2CCCCCCC2)cc1. The van der Waals surface area contributed by atoms with E-state index >= 15 is 0 Å². The van der Waals surface area contributed by atoms with E-state index in [1.807, 2.05) is 60.2 Å². The minimum Gasteiger partial charge on any atom is -0.351 e. The normalized spacial score (nSPS) is 22.4. The summed E-state index contributed by atoms with van der Waals surface area (Å²) < 4.78 is 3.12. The number of nitrogens with zero attached hydrogens (tertiary/aromatic N) is 2. The van der Waals surface area contributed by atoms with Crippen molar-refractivity contribution in [2.75, 3.05) is 4.90 Å². The van der Waals surface area contributed by atoms with Gasteiger partial charge in [0.15, 0.2) is 0 Å². The van der Waals surface area contributed by atoms with Gasteiger partial charge in [-0.1, -0.05) is 49.8 Å². The van der Waals surface area contributed by atoms with Crippen LogP contribution in [0, 0.1) is 6.92 Å². The van der Waals surface area contributed by atoms with E-state index in [0.717, 1.165) is 47.2 Å². The van der Waals surface area contributed by atoms with Crippen LogP contribution in [0.1, 0.15) is 67.9 Å². The molecular formula is C26H31N3O2S. The molecule has 1 atom stereocenters. The minimum absolute atomic E-state index is 0.0558. The van der Waals surface area contributed by atoms with Crippen LogP contribution in [0.5, 0.6) is 0 Å². The van der Waals surface area contributed by atoms with Gasteiger partial charge in [-0.15, -0.1) is 11.3 Å². The predicted molar refractivity (Wildman–Crippen MR) is 130 cm³/mol.